The van der Waals surface area contributed by atoms with E-state index in [2.05, 4.69) is 30.6 Å². The van der Waals surface area contributed by atoms with E-state index >= 15 is 0 Å². The van der Waals surface area contributed by atoms with E-state index in [-0.39, 0.29) is 11.9 Å². The molecule has 0 amide bonds. The summed E-state index contributed by atoms with van der Waals surface area (Å²) in [5.74, 6) is -0.204. The van der Waals surface area contributed by atoms with Gasteiger partial charge in [-0.3, -0.25) is 0 Å². The minimum absolute atomic E-state index is 0.204. The Morgan fingerprint density at radius 1 is 1.10 bits per heavy atom. The van der Waals surface area contributed by atoms with Crippen molar-refractivity contribution in [1.29, 1.82) is 0 Å². The summed E-state index contributed by atoms with van der Waals surface area (Å²) >= 11 is 0. The summed E-state index contributed by atoms with van der Waals surface area (Å²) in [5, 5.41) is 0. The van der Waals surface area contributed by atoms with Gasteiger partial charge in [0.2, 0.25) is 0 Å². The van der Waals surface area contributed by atoms with E-state index in [1.165, 1.54) is 6.07 Å². The van der Waals surface area contributed by atoms with E-state index in [4.69, 9.17) is 5.73 Å². The first-order valence-electron chi connectivity index (χ1n) is 8.06. The Morgan fingerprint density at radius 2 is 1.76 bits per heavy atom. The van der Waals surface area contributed by atoms with Crippen LogP contribution in [0.15, 0.2) is 18.2 Å². The monoisotopic (exact) mass is 295 g/mol. The lowest BCUT2D eigenvalue weighted by molar-refractivity contribution is 0.300. The average molecular weight is 295 g/mol. The van der Waals surface area contributed by atoms with Crippen molar-refractivity contribution in [1.82, 2.24) is 4.90 Å². The van der Waals surface area contributed by atoms with Crippen molar-refractivity contribution >= 4 is 5.69 Å². The Kier molecular flexibility index (Phi) is 7.68. The van der Waals surface area contributed by atoms with Gasteiger partial charge in [-0.2, -0.15) is 0 Å². The van der Waals surface area contributed by atoms with Crippen molar-refractivity contribution in [2.45, 2.75) is 40.2 Å². The van der Waals surface area contributed by atoms with E-state index in [1.54, 1.807) is 6.07 Å². The van der Waals surface area contributed by atoms with Gasteiger partial charge in [0.1, 0.15) is 5.82 Å². The molecule has 4 heteroatoms. The first-order valence-corrected chi connectivity index (χ1v) is 8.06. The quantitative estimate of drug-likeness (QED) is 0.758. The molecule has 3 nitrogen and oxygen atoms in total. The van der Waals surface area contributed by atoms with Crippen molar-refractivity contribution in [3.63, 3.8) is 0 Å². The molecular formula is C17H30FN3. The summed E-state index contributed by atoms with van der Waals surface area (Å²) < 4.78 is 14.0. The zero-order chi connectivity index (χ0) is 15.8. The molecule has 0 unspecified atom stereocenters. The smallest absolute Gasteiger partial charge is 0.130 e. The number of hydrogen-bond donors (Lipinski definition) is 1. The summed E-state index contributed by atoms with van der Waals surface area (Å²) in [6.45, 7) is 13.3. The Labute approximate surface area is 128 Å². The number of hydrogen-bond acceptors (Lipinski definition) is 3. The van der Waals surface area contributed by atoms with Gasteiger partial charge in [0.15, 0.2) is 0 Å². The molecule has 120 valence electrons. The van der Waals surface area contributed by atoms with Crippen LogP contribution in [0.3, 0.4) is 0 Å². The van der Waals surface area contributed by atoms with E-state index in [1.807, 2.05) is 13.0 Å². The molecular weight excluding hydrogens is 265 g/mol. The van der Waals surface area contributed by atoms with Crippen LogP contribution in [0.2, 0.25) is 0 Å². The second kappa shape index (κ2) is 9.00. The molecule has 21 heavy (non-hydrogen) atoms. The Bertz CT molecular complexity index is 416. The third-order valence-corrected chi connectivity index (χ3v) is 4.00. The Morgan fingerprint density at radius 3 is 2.29 bits per heavy atom. The third kappa shape index (κ3) is 4.97. The highest BCUT2D eigenvalue weighted by Crippen LogP contribution is 2.27. The van der Waals surface area contributed by atoms with Crippen molar-refractivity contribution in [3.05, 3.63) is 29.6 Å². The van der Waals surface area contributed by atoms with Crippen LogP contribution < -0.4 is 10.6 Å². The molecule has 0 heterocycles. The summed E-state index contributed by atoms with van der Waals surface area (Å²) in [6.07, 6.45) is 1.07. The molecule has 1 atom stereocenters. The summed E-state index contributed by atoms with van der Waals surface area (Å²) in [5.41, 5.74) is 7.52. The summed E-state index contributed by atoms with van der Waals surface area (Å²) in [7, 11) is 0. The molecule has 0 aliphatic rings. The SMILES string of the molecule is CCN(CC)CCCN(CC)c1cccc(F)c1[C@H](C)N. The zero-order valence-electron chi connectivity index (χ0n) is 13.9. The Hall–Kier alpha value is -1.13. The topological polar surface area (TPSA) is 32.5 Å². The second-order valence-electron chi connectivity index (χ2n) is 5.42. The number of rotatable bonds is 9. The average Bonchev–Trinajstić information content (AvgIpc) is 2.47. The van der Waals surface area contributed by atoms with Gasteiger partial charge in [-0.25, -0.2) is 4.39 Å². The van der Waals surface area contributed by atoms with Crippen molar-refractivity contribution in [2.24, 2.45) is 5.73 Å². The number of nitrogens with zero attached hydrogens (tertiary/aromatic N) is 2. The van der Waals surface area contributed by atoms with Gasteiger partial charge in [0, 0.05) is 30.4 Å². The molecule has 0 radical (unpaired) electrons. The van der Waals surface area contributed by atoms with Crippen LogP contribution in [0, 0.1) is 5.82 Å². The number of nitrogens with two attached hydrogens (primary N) is 1. The highest BCUT2D eigenvalue weighted by molar-refractivity contribution is 5.55. The van der Waals surface area contributed by atoms with Crippen LogP contribution >= 0.6 is 0 Å². The lowest BCUT2D eigenvalue weighted by atomic mass is 10.0. The van der Waals surface area contributed by atoms with Crippen LogP contribution in [0.5, 0.6) is 0 Å². The van der Waals surface area contributed by atoms with E-state index < -0.39 is 0 Å². The van der Waals surface area contributed by atoms with Crippen molar-refractivity contribution in [2.75, 3.05) is 37.6 Å². The molecule has 0 aromatic heterocycles. The molecule has 0 aliphatic heterocycles. The molecule has 0 fully saturated rings. The predicted molar refractivity (Wildman–Crippen MR) is 89.3 cm³/mol. The molecule has 1 rings (SSSR count). The lowest BCUT2D eigenvalue weighted by Gasteiger charge is -2.28. The van der Waals surface area contributed by atoms with Crippen LogP contribution in [-0.4, -0.2) is 37.6 Å². The standard InChI is InChI=1S/C17H30FN3/c1-5-20(6-2)12-9-13-21(7-3)16-11-8-10-15(18)17(16)14(4)19/h8,10-11,14H,5-7,9,12-13,19H2,1-4H3/t14-/m0/s1. The molecule has 0 spiro atoms. The third-order valence-electron chi connectivity index (χ3n) is 4.00. The molecule has 0 saturated carbocycles. The maximum Gasteiger partial charge on any atom is 0.130 e. The van der Waals surface area contributed by atoms with Gasteiger partial charge in [-0.1, -0.05) is 19.9 Å². The van der Waals surface area contributed by atoms with Crippen molar-refractivity contribution in [3.8, 4) is 0 Å². The fourth-order valence-electron chi connectivity index (χ4n) is 2.73. The van der Waals surface area contributed by atoms with Crippen LogP contribution in [0.1, 0.15) is 45.7 Å². The van der Waals surface area contributed by atoms with Gasteiger partial charge in [-0.15, -0.1) is 0 Å². The summed E-state index contributed by atoms with van der Waals surface area (Å²) in [4.78, 5) is 4.64. The number of halogens is 1. The normalized spacial score (nSPS) is 12.7. The maximum absolute atomic E-state index is 14.0. The number of anilines is 1. The second-order valence-corrected chi connectivity index (χ2v) is 5.42. The van der Waals surface area contributed by atoms with Crippen molar-refractivity contribution < 1.29 is 4.39 Å². The molecule has 0 bridgehead atoms. The highest BCUT2D eigenvalue weighted by Gasteiger charge is 2.16. The highest BCUT2D eigenvalue weighted by atomic mass is 19.1. The van der Waals surface area contributed by atoms with Crippen LogP contribution in [-0.2, 0) is 0 Å². The molecule has 0 saturated heterocycles. The lowest BCUT2D eigenvalue weighted by Crippen LogP contribution is -2.31. The van der Waals surface area contributed by atoms with Crippen LogP contribution in [0.25, 0.3) is 0 Å². The van der Waals surface area contributed by atoms with Gasteiger partial charge in [-0.05, 0) is 52.0 Å². The van der Waals surface area contributed by atoms with Gasteiger partial charge in [0.05, 0.1) is 0 Å². The minimum Gasteiger partial charge on any atom is -0.371 e. The molecule has 2 N–H and O–H groups in total. The molecule has 1 aromatic carbocycles. The minimum atomic E-state index is -0.293. The van der Waals surface area contributed by atoms with E-state index in [0.717, 1.165) is 44.8 Å². The van der Waals surface area contributed by atoms with Crippen LogP contribution in [0.4, 0.5) is 10.1 Å². The van der Waals surface area contributed by atoms with Gasteiger partial charge >= 0.3 is 0 Å². The van der Waals surface area contributed by atoms with Gasteiger partial charge < -0.3 is 15.5 Å². The predicted octanol–water partition coefficient (Wildman–Crippen LogP) is 3.40. The maximum atomic E-state index is 14.0. The van der Waals surface area contributed by atoms with Gasteiger partial charge in [0.25, 0.3) is 0 Å². The molecule has 0 aliphatic carbocycles. The molecule has 1 aromatic rings. The Balaban J connectivity index is 2.79. The first kappa shape index (κ1) is 17.9. The number of benzene rings is 1. The fourth-order valence-corrected chi connectivity index (χ4v) is 2.73. The first-order chi connectivity index (χ1) is 10.0. The fraction of sp³-hybridized carbons (Fsp3) is 0.647. The zero-order valence-corrected chi connectivity index (χ0v) is 13.9. The summed E-state index contributed by atoms with van der Waals surface area (Å²) in [6, 6.07) is 4.94. The van der Waals surface area contributed by atoms with E-state index in [0.29, 0.717) is 5.56 Å². The largest absolute Gasteiger partial charge is 0.371 e. The van der Waals surface area contributed by atoms with E-state index in [9.17, 15) is 4.39 Å².